The summed E-state index contributed by atoms with van der Waals surface area (Å²) < 4.78 is 19.0. The van der Waals surface area contributed by atoms with E-state index in [0.717, 1.165) is 23.8 Å². The van der Waals surface area contributed by atoms with Crippen molar-refractivity contribution in [2.45, 2.75) is 76.3 Å². The van der Waals surface area contributed by atoms with Gasteiger partial charge in [-0.2, -0.15) is 0 Å². The first kappa shape index (κ1) is 21.9. The molecule has 1 aliphatic carbocycles. The van der Waals surface area contributed by atoms with Gasteiger partial charge in [0.1, 0.15) is 35.7 Å². The van der Waals surface area contributed by atoms with E-state index in [-0.39, 0.29) is 0 Å². The van der Waals surface area contributed by atoms with Crippen LogP contribution in [0.1, 0.15) is 56.3 Å². The van der Waals surface area contributed by atoms with Crippen LogP contribution in [-0.2, 0) is 37.5 Å². The Morgan fingerprint density at radius 1 is 1.18 bits per heavy atom. The fourth-order valence-electron chi connectivity index (χ4n) is 5.24. The van der Waals surface area contributed by atoms with Crippen LogP contribution in [0.3, 0.4) is 0 Å². The van der Waals surface area contributed by atoms with E-state index in [1.54, 1.807) is 13.1 Å². The maximum absolute atomic E-state index is 11.8. The van der Waals surface area contributed by atoms with Gasteiger partial charge in [0.15, 0.2) is 17.4 Å². The molecule has 4 heterocycles. The number of benzene rings is 1. The third kappa shape index (κ3) is 3.42. The number of nitrogens with one attached hydrogen (secondary N) is 2. The Morgan fingerprint density at radius 2 is 1.97 bits per heavy atom. The summed E-state index contributed by atoms with van der Waals surface area (Å²) in [5.74, 6) is 0.151. The summed E-state index contributed by atoms with van der Waals surface area (Å²) in [5, 5.41) is 12.6. The fraction of sp³-hybridized carbons (Fsp3) is 0.520. The lowest BCUT2D eigenvalue weighted by molar-refractivity contribution is -0.213. The molecule has 9 heteroatoms. The second-order valence-corrected chi connectivity index (χ2v) is 9.88. The van der Waals surface area contributed by atoms with Crippen LogP contribution in [0.15, 0.2) is 30.5 Å². The summed E-state index contributed by atoms with van der Waals surface area (Å²) in [6.07, 6.45) is 1.64. The van der Waals surface area contributed by atoms with E-state index in [1.807, 2.05) is 32.9 Å². The number of nitrogens with zero attached hydrogens (tertiary/aromatic N) is 2. The van der Waals surface area contributed by atoms with Crippen LogP contribution in [0.25, 0.3) is 11.0 Å². The summed E-state index contributed by atoms with van der Waals surface area (Å²) in [6, 6.07) is 8.04. The van der Waals surface area contributed by atoms with Crippen molar-refractivity contribution in [2.24, 2.45) is 0 Å². The molecule has 0 saturated carbocycles. The van der Waals surface area contributed by atoms with Gasteiger partial charge in [0.25, 0.3) is 0 Å². The molecular formula is C25H30N4O5. The first-order valence-corrected chi connectivity index (χ1v) is 11.9. The molecule has 0 radical (unpaired) electrons. The molecule has 180 valence electrons. The van der Waals surface area contributed by atoms with Crippen molar-refractivity contribution in [2.75, 3.05) is 12.1 Å². The van der Waals surface area contributed by atoms with E-state index in [4.69, 9.17) is 29.0 Å². The van der Waals surface area contributed by atoms with Crippen molar-refractivity contribution >= 4 is 16.9 Å². The number of H-pyrrole nitrogens is 1. The molecule has 0 unspecified atom stereocenters. The molecule has 1 aromatic carbocycles. The highest BCUT2D eigenvalue weighted by Gasteiger charge is 2.61. The van der Waals surface area contributed by atoms with Gasteiger partial charge in [0.2, 0.25) is 0 Å². The average Bonchev–Trinajstić information content (AvgIpc) is 3.45. The first-order valence-electron chi connectivity index (χ1n) is 11.9. The number of anilines is 1. The molecule has 3 N–H and O–H groups in total. The van der Waals surface area contributed by atoms with Crippen LogP contribution in [0.5, 0.6) is 0 Å². The number of aliphatic hydroxyl groups is 1. The Labute approximate surface area is 197 Å². The standard InChI is InChI=1S/C25H30N4O5/c1-5-31-29-22-16-10-11-26-21(16)27-23(28-22)19-17-18(34-24(2,3)33-17)20(32-19)25(4,30)15-9-8-13-6-7-14(13)12-15/h8-12,17-20,30H,5-7H2,1-4H3,(H2,26,27,28,29)/t17-,18+,19-,20-,25+/m0/s1. The zero-order valence-electron chi connectivity index (χ0n) is 19.8. The molecule has 0 bridgehead atoms. The van der Waals surface area contributed by atoms with E-state index in [1.165, 1.54) is 11.1 Å². The lowest BCUT2D eigenvalue weighted by atomic mass is 9.81. The molecule has 2 aliphatic heterocycles. The molecule has 3 aliphatic rings. The molecule has 34 heavy (non-hydrogen) atoms. The SMILES string of the molecule is CCONc1nc([C@H]2O[C@H]([C@](C)(O)c3ccc4c(c3)CC4)[C@@H]3OC(C)(C)O[C@@H]32)nc2[nH]ccc12. The van der Waals surface area contributed by atoms with E-state index >= 15 is 0 Å². The van der Waals surface area contributed by atoms with E-state index in [9.17, 15) is 5.11 Å². The van der Waals surface area contributed by atoms with Gasteiger partial charge in [0.05, 0.1) is 12.0 Å². The predicted octanol–water partition coefficient (Wildman–Crippen LogP) is 3.29. The number of rotatable bonds is 6. The van der Waals surface area contributed by atoms with E-state index in [2.05, 4.69) is 22.6 Å². The van der Waals surface area contributed by atoms with Gasteiger partial charge < -0.3 is 24.3 Å². The van der Waals surface area contributed by atoms with Crippen LogP contribution < -0.4 is 5.48 Å². The van der Waals surface area contributed by atoms with Crippen molar-refractivity contribution in [1.29, 1.82) is 0 Å². The smallest absolute Gasteiger partial charge is 0.164 e. The molecule has 2 saturated heterocycles. The zero-order valence-corrected chi connectivity index (χ0v) is 19.8. The highest BCUT2D eigenvalue weighted by atomic mass is 16.8. The number of ether oxygens (including phenoxy) is 3. The molecule has 6 rings (SSSR count). The maximum Gasteiger partial charge on any atom is 0.164 e. The number of fused-ring (bicyclic) bond motifs is 3. The number of hydrogen-bond acceptors (Lipinski definition) is 8. The summed E-state index contributed by atoms with van der Waals surface area (Å²) in [6.45, 7) is 7.90. The molecule has 5 atom stereocenters. The lowest BCUT2D eigenvalue weighted by Crippen LogP contribution is -2.45. The van der Waals surface area contributed by atoms with Crippen LogP contribution in [0, 0.1) is 0 Å². The third-order valence-corrected chi connectivity index (χ3v) is 7.06. The molecule has 9 nitrogen and oxygen atoms in total. The van der Waals surface area contributed by atoms with Gasteiger partial charge in [-0.1, -0.05) is 18.2 Å². The van der Waals surface area contributed by atoms with Crippen LogP contribution in [0.4, 0.5) is 5.82 Å². The van der Waals surface area contributed by atoms with Crippen LogP contribution >= 0.6 is 0 Å². The first-order chi connectivity index (χ1) is 16.3. The molecular weight excluding hydrogens is 436 g/mol. The molecule has 0 spiro atoms. The minimum atomic E-state index is -1.30. The Morgan fingerprint density at radius 3 is 2.71 bits per heavy atom. The number of aryl methyl sites for hydroxylation is 2. The van der Waals surface area contributed by atoms with Gasteiger partial charge in [0, 0.05) is 6.20 Å². The second kappa shape index (κ2) is 7.73. The summed E-state index contributed by atoms with van der Waals surface area (Å²) in [7, 11) is 0. The van der Waals surface area contributed by atoms with Crippen molar-refractivity contribution in [3.05, 3.63) is 53.0 Å². The summed E-state index contributed by atoms with van der Waals surface area (Å²) in [5.41, 5.74) is 5.68. The number of aromatic amines is 1. The minimum absolute atomic E-state index is 0.434. The molecule has 3 aromatic rings. The van der Waals surface area contributed by atoms with Crippen molar-refractivity contribution in [3.8, 4) is 0 Å². The Hall–Kier alpha value is -2.56. The minimum Gasteiger partial charge on any atom is -0.383 e. The van der Waals surface area contributed by atoms with Crippen LogP contribution in [0.2, 0.25) is 0 Å². The summed E-state index contributed by atoms with van der Waals surface area (Å²) in [4.78, 5) is 18.0. The highest BCUT2D eigenvalue weighted by molar-refractivity contribution is 5.86. The van der Waals surface area contributed by atoms with E-state index in [0.29, 0.717) is 23.9 Å². The zero-order chi connectivity index (χ0) is 23.7. The van der Waals surface area contributed by atoms with Gasteiger partial charge >= 0.3 is 0 Å². The molecule has 0 amide bonds. The lowest BCUT2D eigenvalue weighted by Gasteiger charge is -2.35. The summed E-state index contributed by atoms with van der Waals surface area (Å²) >= 11 is 0. The van der Waals surface area contributed by atoms with Gasteiger partial charge in [-0.15, -0.1) is 0 Å². The largest absolute Gasteiger partial charge is 0.383 e. The second-order valence-electron chi connectivity index (χ2n) is 9.88. The number of hydrogen-bond donors (Lipinski definition) is 3. The van der Waals surface area contributed by atoms with Crippen molar-refractivity contribution in [3.63, 3.8) is 0 Å². The van der Waals surface area contributed by atoms with E-state index < -0.39 is 35.8 Å². The Bertz CT molecular complexity index is 1240. The molecule has 2 fully saturated rings. The van der Waals surface area contributed by atoms with Gasteiger partial charge in [-0.25, -0.2) is 15.4 Å². The average molecular weight is 467 g/mol. The van der Waals surface area contributed by atoms with Crippen LogP contribution in [-0.4, -0.2) is 50.8 Å². The van der Waals surface area contributed by atoms with Gasteiger partial charge in [-0.3, -0.25) is 4.84 Å². The Balaban J connectivity index is 1.39. The van der Waals surface area contributed by atoms with Crippen molar-refractivity contribution < 1.29 is 24.2 Å². The highest BCUT2D eigenvalue weighted by Crippen LogP contribution is 2.49. The predicted molar refractivity (Wildman–Crippen MR) is 124 cm³/mol. The quantitative estimate of drug-likeness (QED) is 0.475. The maximum atomic E-state index is 11.8. The normalized spacial score (nSPS) is 28.9. The van der Waals surface area contributed by atoms with Crippen molar-refractivity contribution in [1.82, 2.24) is 15.0 Å². The Kier molecular flexibility index (Phi) is 4.98. The fourth-order valence-corrected chi connectivity index (χ4v) is 5.24. The third-order valence-electron chi connectivity index (χ3n) is 7.06. The molecule has 2 aromatic heterocycles. The monoisotopic (exact) mass is 466 g/mol. The number of aromatic nitrogens is 3. The van der Waals surface area contributed by atoms with Gasteiger partial charge in [-0.05, 0) is 63.3 Å². The topological polar surface area (TPSA) is 111 Å².